The van der Waals surface area contributed by atoms with Gasteiger partial charge >= 0.3 is 24.1 Å². The van der Waals surface area contributed by atoms with Gasteiger partial charge in [0.1, 0.15) is 17.5 Å². The summed E-state index contributed by atoms with van der Waals surface area (Å²) in [7, 11) is 1.93. The van der Waals surface area contributed by atoms with Crippen molar-refractivity contribution in [2.45, 2.75) is 221 Å². The Labute approximate surface area is 396 Å². The zero-order valence-corrected chi connectivity index (χ0v) is 42.5. The van der Waals surface area contributed by atoms with E-state index >= 15 is 0 Å². The Bertz CT molecular complexity index is 1680. The lowest BCUT2D eigenvalue weighted by atomic mass is 10.1. The molecule has 0 bridgehead atoms. The summed E-state index contributed by atoms with van der Waals surface area (Å²) in [6, 6.07) is 0. The molecule has 16 heteroatoms. The Morgan fingerprint density at radius 2 is 1.08 bits per heavy atom. The van der Waals surface area contributed by atoms with E-state index in [-0.39, 0.29) is 48.9 Å². The van der Waals surface area contributed by atoms with E-state index in [2.05, 4.69) is 28.8 Å². The molecular formula is C50H87N7O9. The van der Waals surface area contributed by atoms with Gasteiger partial charge < -0.3 is 33.3 Å². The SMILES string of the molecule is CCCCCCCCCCCC(=O)OCCCN(COC(=O)CCCCCCCCCCC)C(=O)CCN(C)CCCn1cnc2c(N(C(=O)OC(C)(C)C)C(=O)OC(C)(C)C)ncnc21. The number of hydrogen-bond acceptors (Lipinski definition) is 13. The van der Waals surface area contributed by atoms with Crippen LogP contribution < -0.4 is 4.90 Å². The molecule has 0 fully saturated rings. The van der Waals surface area contributed by atoms with Gasteiger partial charge in [0.05, 0.1) is 12.9 Å². The van der Waals surface area contributed by atoms with Crippen molar-refractivity contribution in [2.24, 2.45) is 0 Å². The van der Waals surface area contributed by atoms with E-state index < -0.39 is 23.4 Å². The lowest BCUT2D eigenvalue weighted by Crippen LogP contribution is -2.44. The maximum absolute atomic E-state index is 13.6. The van der Waals surface area contributed by atoms with Gasteiger partial charge in [-0.2, -0.15) is 4.90 Å². The number of aryl methyl sites for hydroxylation is 1. The van der Waals surface area contributed by atoms with Gasteiger partial charge in [0.25, 0.3) is 0 Å². The van der Waals surface area contributed by atoms with Gasteiger partial charge in [-0.25, -0.2) is 24.5 Å². The number of carbonyl (C=O) groups is 5. The van der Waals surface area contributed by atoms with Crippen LogP contribution in [0.3, 0.4) is 0 Å². The molecule has 0 spiro atoms. The zero-order chi connectivity index (χ0) is 48.8. The molecule has 16 nitrogen and oxygen atoms in total. The van der Waals surface area contributed by atoms with Crippen LogP contribution in [0.4, 0.5) is 15.4 Å². The van der Waals surface area contributed by atoms with Crippen molar-refractivity contribution in [3.63, 3.8) is 0 Å². The highest BCUT2D eigenvalue weighted by Crippen LogP contribution is 2.26. The number of hydrogen-bond donors (Lipinski definition) is 0. The van der Waals surface area contributed by atoms with Crippen molar-refractivity contribution >= 4 is 47.0 Å². The zero-order valence-electron chi connectivity index (χ0n) is 42.5. The first kappa shape index (κ1) is 57.8. The van der Waals surface area contributed by atoms with E-state index in [9.17, 15) is 24.0 Å². The van der Waals surface area contributed by atoms with Crippen LogP contribution in [-0.2, 0) is 39.9 Å². The number of carbonyl (C=O) groups excluding carboxylic acids is 5. The summed E-state index contributed by atoms with van der Waals surface area (Å²) >= 11 is 0. The number of amides is 3. The molecule has 0 radical (unpaired) electrons. The molecule has 2 heterocycles. The van der Waals surface area contributed by atoms with Crippen LogP contribution in [0.2, 0.25) is 0 Å². The van der Waals surface area contributed by atoms with Gasteiger partial charge in [-0.3, -0.25) is 14.4 Å². The van der Waals surface area contributed by atoms with E-state index in [1.54, 1.807) is 52.8 Å². The molecule has 2 aromatic rings. The van der Waals surface area contributed by atoms with Crippen LogP contribution in [0, 0.1) is 0 Å². The highest BCUT2D eigenvalue weighted by atomic mass is 16.6. The molecule has 0 aliphatic rings. The van der Waals surface area contributed by atoms with Gasteiger partial charge in [-0.15, -0.1) is 0 Å². The molecule has 0 aliphatic carbocycles. The summed E-state index contributed by atoms with van der Waals surface area (Å²) in [6.07, 6.45) is 23.9. The highest BCUT2D eigenvalue weighted by molar-refractivity contribution is 6.12. The maximum Gasteiger partial charge on any atom is 0.425 e. The quantitative estimate of drug-likeness (QED) is 0.0281. The molecular weight excluding hydrogens is 843 g/mol. The van der Waals surface area contributed by atoms with Crippen LogP contribution in [0.1, 0.15) is 203 Å². The lowest BCUT2D eigenvalue weighted by Gasteiger charge is -2.28. The van der Waals surface area contributed by atoms with Gasteiger partial charge in [0, 0.05) is 38.9 Å². The summed E-state index contributed by atoms with van der Waals surface area (Å²) < 4.78 is 24.0. The lowest BCUT2D eigenvalue weighted by molar-refractivity contribution is -0.153. The van der Waals surface area contributed by atoms with Gasteiger partial charge in [-0.1, -0.05) is 117 Å². The number of fused-ring (bicyclic) bond motifs is 1. The largest absolute Gasteiger partial charge is 0.466 e. The van der Waals surface area contributed by atoms with Crippen LogP contribution in [0.25, 0.3) is 11.2 Å². The molecule has 0 saturated heterocycles. The van der Waals surface area contributed by atoms with Crippen molar-refractivity contribution in [3.8, 4) is 0 Å². The first-order chi connectivity index (χ1) is 31.5. The normalized spacial score (nSPS) is 11.8. The standard InChI is InChI=1S/C50H87N7O9/c1-10-12-14-16-18-20-22-24-26-30-42(59)63-37-29-35-56(40-64-43(60)31-27-25-23-21-19-17-15-13-11-2)41(58)32-36-54(9)33-28-34-55-39-53-44-45(55)51-38-52-46(44)57(47(61)65-49(3,4)5)48(62)66-50(6,7)8/h38-39H,10-37,40H2,1-9H3. The molecule has 376 valence electrons. The maximum atomic E-state index is 13.6. The summed E-state index contributed by atoms with van der Waals surface area (Å²) in [4.78, 5) is 82.7. The molecule has 0 aliphatic heterocycles. The number of aromatic nitrogens is 4. The monoisotopic (exact) mass is 930 g/mol. The van der Waals surface area contributed by atoms with Crippen LogP contribution in [-0.4, -0.2) is 111 Å². The number of unbranched alkanes of at least 4 members (excludes halogenated alkanes) is 16. The van der Waals surface area contributed by atoms with E-state index in [0.717, 1.165) is 43.4 Å². The van der Waals surface area contributed by atoms with E-state index in [1.807, 2.05) is 16.5 Å². The van der Waals surface area contributed by atoms with Gasteiger partial charge in [0.15, 0.2) is 23.7 Å². The molecule has 3 amide bonds. The van der Waals surface area contributed by atoms with Gasteiger partial charge in [0.2, 0.25) is 5.91 Å². The Morgan fingerprint density at radius 3 is 1.59 bits per heavy atom. The Balaban J connectivity index is 1.94. The summed E-state index contributed by atoms with van der Waals surface area (Å²) in [6.45, 7) is 16.6. The molecule has 2 aromatic heterocycles. The van der Waals surface area contributed by atoms with Crippen molar-refractivity contribution in [1.29, 1.82) is 0 Å². The molecule has 66 heavy (non-hydrogen) atoms. The minimum atomic E-state index is -0.948. The molecule has 0 atom stereocenters. The number of ether oxygens (including phenoxy) is 4. The predicted octanol–water partition coefficient (Wildman–Crippen LogP) is 11.3. The summed E-state index contributed by atoms with van der Waals surface area (Å²) in [5.74, 6) is -0.732. The summed E-state index contributed by atoms with van der Waals surface area (Å²) in [5, 5.41) is 0. The minimum absolute atomic E-state index is 0.0520. The van der Waals surface area contributed by atoms with Crippen molar-refractivity contribution in [1.82, 2.24) is 29.3 Å². The van der Waals surface area contributed by atoms with Crippen LogP contribution >= 0.6 is 0 Å². The molecule has 0 aromatic carbocycles. The van der Waals surface area contributed by atoms with Crippen LogP contribution in [0.15, 0.2) is 12.7 Å². The second kappa shape index (κ2) is 32.4. The first-order valence-electron chi connectivity index (χ1n) is 25.1. The molecule has 0 unspecified atom stereocenters. The van der Waals surface area contributed by atoms with Gasteiger partial charge in [-0.05, 0) is 80.8 Å². The van der Waals surface area contributed by atoms with Crippen molar-refractivity contribution in [2.75, 3.05) is 44.9 Å². The second-order valence-electron chi connectivity index (χ2n) is 19.5. The Hall–Kier alpha value is -4.34. The fourth-order valence-corrected chi connectivity index (χ4v) is 7.28. The van der Waals surface area contributed by atoms with E-state index in [0.29, 0.717) is 57.5 Å². The second-order valence-corrected chi connectivity index (χ2v) is 19.5. The van der Waals surface area contributed by atoms with Crippen molar-refractivity contribution in [3.05, 3.63) is 12.7 Å². The highest BCUT2D eigenvalue weighted by Gasteiger charge is 2.35. The predicted molar refractivity (Wildman–Crippen MR) is 259 cm³/mol. The third-order valence-electron chi connectivity index (χ3n) is 10.9. The number of nitrogens with zero attached hydrogens (tertiary/aromatic N) is 7. The first-order valence-corrected chi connectivity index (χ1v) is 25.1. The fourth-order valence-electron chi connectivity index (χ4n) is 7.28. The average molecular weight is 930 g/mol. The number of esters is 2. The van der Waals surface area contributed by atoms with E-state index in [1.165, 1.54) is 83.4 Å². The third kappa shape index (κ3) is 25.5. The topological polar surface area (TPSA) is 176 Å². The van der Waals surface area contributed by atoms with Crippen molar-refractivity contribution < 1.29 is 42.9 Å². The van der Waals surface area contributed by atoms with Crippen LogP contribution in [0.5, 0.6) is 0 Å². The smallest absolute Gasteiger partial charge is 0.425 e. The molecule has 2 rings (SSSR count). The Kier molecular flexibility index (Phi) is 28.3. The fraction of sp³-hybridized carbons (Fsp3) is 0.800. The van der Waals surface area contributed by atoms with E-state index in [4.69, 9.17) is 18.9 Å². The minimum Gasteiger partial charge on any atom is -0.466 e. The third-order valence-corrected chi connectivity index (χ3v) is 10.9. The number of imide groups is 1. The molecule has 0 saturated carbocycles. The number of rotatable bonds is 34. The number of anilines is 1. The summed E-state index contributed by atoms with van der Waals surface area (Å²) in [5.41, 5.74) is -1.12. The number of imidazole rings is 1. The Morgan fingerprint density at radius 1 is 0.576 bits per heavy atom. The molecule has 0 N–H and O–H groups in total. The average Bonchev–Trinajstić information content (AvgIpc) is 3.66.